The molecule has 0 spiro atoms. The molecular formula is C12H25NO4S. The zero-order valence-electron chi connectivity index (χ0n) is 11.6. The summed E-state index contributed by atoms with van der Waals surface area (Å²) in [5, 5.41) is 6.56. The Labute approximate surface area is 114 Å². The summed E-state index contributed by atoms with van der Waals surface area (Å²) in [6.07, 6.45) is 2.95. The zero-order valence-corrected chi connectivity index (χ0v) is 12.5. The Morgan fingerprint density at radius 3 is 2.11 bits per heavy atom. The van der Waals surface area contributed by atoms with Crippen LogP contribution in [0.25, 0.3) is 0 Å². The normalized spacial score (nSPS) is 10.1. The second-order valence-corrected chi connectivity index (χ2v) is 4.34. The Bertz CT molecular complexity index is 220. The first kappa shape index (κ1) is 22.3. The van der Waals surface area contributed by atoms with E-state index in [1.165, 1.54) is 6.92 Å². The number of hydrogen-bond acceptors (Lipinski definition) is 5. The lowest BCUT2D eigenvalue weighted by molar-refractivity contribution is -0.130. The van der Waals surface area contributed by atoms with Crippen molar-refractivity contribution >= 4 is 29.1 Å². The van der Waals surface area contributed by atoms with Gasteiger partial charge in [-0.15, -0.1) is 0 Å². The number of ketones is 1. The standard InChI is InChI=1S/C9H17NO2S.C2H6.CH2O2/c1-7(10)5-3-4-6-13-9(12)8(2)11;1-2;2-1-3/h7H,3-6,10H2,1-2H3;1-2H3;1H,(H,2,3). The number of Topliss-reactive ketones (excluding diaryl/α,β-unsaturated/α-hetero) is 1. The highest BCUT2D eigenvalue weighted by molar-refractivity contribution is 8.15. The number of carbonyl (C=O) groups is 3. The summed E-state index contributed by atoms with van der Waals surface area (Å²) in [4.78, 5) is 29.7. The molecule has 0 aromatic carbocycles. The third-order valence-electron chi connectivity index (χ3n) is 1.57. The number of hydrogen-bond donors (Lipinski definition) is 2. The number of nitrogens with two attached hydrogens (primary N) is 1. The molecule has 1 atom stereocenters. The lowest BCUT2D eigenvalue weighted by Crippen LogP contribution is -2.14. The summed E-state index contributed by atoms with van der Waals surface area (Å²) in [6, 6.07) is 0.230. The van der Waals surface area contributed by atoms with E-state index in [1.54, 1.807) is 0 Å². The Morgan fingerprint density at radius 1 is 1.33 bits per heavy atom. The van der Waals surface area contributed by atoms with Gasteiger partial charge >= 0.3 is 0 Å². The summed E-state index contributed by atoms with van der Waals surface area (Å²) in [5.41, 5.74) is 5.55. The van der Waals surface area contributed by atoms with E-state index in [1.807, 2.05) is 20.8 Å². The van der Waals surface area contributed by atoms with Crippen molar-refractivity contribution in [2.75, 3.05) is 5.75 Å². The topological polar surface area (TPSA) is 97.5 Å². The van der Waals surface area contributed by atoms with Gasteiger partial charge in [0, 0.05) is 18.7 Å². The third-order valence-corrected chi connectivity index (χ3v) is 2.62. The van der Waals surface area contributed by atoms with Crippen molar-refractivity contribution in [2.45, 2.75) is 53.0 Å². The minimum absolute atomic E-state index is 0.230. The van der Waals surface area contributed by atoms with Crippen LogP contribution >= 0.6 is 11.8 Å². The molecule has 18 heavy (non-hydrogen) atoms. The monoisotopic (exact) mass is 279 g/mol. The number of rotatable bonds is 6. The SMILES string of the molecule is CC.CC(=O)C(=O)SCCCCC(C)N.O=CO. The quantitative estimate of drug-likeness (QED) is 0.439. The van der Waals surface area contributed by atoms with Crippen LogP contribution in [-0.4, -0.2) is 34.3 Å². The molecule has 0 rings (SSSR count). The van der Waals surface area contributed by atoms with Crippen LogP contribution in [0.2, 0.25) is 0 Å². The van der Waals surface area contributed by atoms with Crippen LogP contribution in [0.3, 0.4) is 0 Å². The van der Waals surface area contributed by atoms with Gasteiger partial charge in [0.2, 0.25) is 5.78 Å². The van der Waals surface area contributed by atoms with E-state index >= 15 is 0 Å². The van der Waals surface area contributed by atoms with Gasteiger partial charge < -0.3 is 10.8 Å². The van der Waals surface area contributed by atoms with Gasteiger partial charge in [-0.25, -0.2) is 0 Å². The molecule has 0 aromatic heterocycles. The van der Waals surface area contributed by atoms with E-state index < -0.39 is 0 Å². The molecule has 0 aromatic rings. The first-order valence-corrected chi connectivity index (χ1v) is 6.95. The average Bonchev–Trinajstić information content (AvgIpc) is 2.31. The van der Waals surface area contributed by atoms with Crippen molar-refractivity contribution in [1.82, 2.24) is 0 Å². The molecule has 0 bridgehead atoms. The predicted octanol–water partition coefficient (Wildman–Crippen LogP) is 2.08. The van der Waals surface area contributed by atoms with E-state index in [-0.39, 0.29) is 23.4 Å². The van der Waals surface area contributed by atoms with Gasteiger partial charge in [0.1, 0.15) is 0 Å². The number of unbranched alkanes of at least 4 members (excludes halogenated alkanes) is 1. The fourth-order valence-corrected chi connectivity index (χ4v) is 1.57. The molecule has 0 saturated heterocycles. The molecule has 0 aliphatic heterocycles. The summed E-state index contributed by atoms with van der Waals surface area (Å²) in [6.45, 7) is 7.02. The average molecular weight is 279 g/mol. The van der Waals surface area contributed by atoms with Gasteiger partial charge in [-0.05, 0) is 19.8 Å². The fraction of sp³-hybridized carbons (Fsp3) is 0.750. The van der Waals surface area contributed by atoms with Gasteiger partial charge in [0.25, 0.3) is 11.6 Å². The fourth-order valence-electron chi connectivity index (χ4n) is 0.835. The van der Waals surface area contributed by atoms with Crippen LogP contribution in [0, 0.1) is 0 Å². The van der Waals surface area contributed by atoms with Crippen LogP contribution in [0.1, 0.15) is 47.0 Å². The number of carboxylic acid groups (broad SMARTS) is 1. The molecule has 0 aliphatic rings. The first-order chi connectivity index (χ1) is 8.45. The predicted molar refractivity (Wildman–Crippen MR) is 75.7 cm³/mol. The highest BCUT2D eigenvalue weighted by Crippen LogP contribution is 2.08. The Balaban J connectivity index is -0.000000389. The molecule has 3 N–H and O–H groups in total. The minimum atomic E-state index is -0.364. The van der Waals surface area contributed by atoms with Gasteiger partial charge in [-0.1, -0.05) is 32.0 Å². The van der Waals surface area contributed by atoms with Crippen LogP contribution in [-0.2, 0) is 14.4 Å². The second kappa shape index (κ2) is 18.5. The minimum Gasteiger partial charge on any atom is -0.483 e. The van der Waals surface area contributed by atoms with Crippen molar-refractivity contribution in [3.8, 4) is 0 Å². The van der Waals surface area contributed by atoms with Crippen LogP contribution < -0.4 is 5.73 Å². The summed E-state index contributed by atoms with van der Waals surface area (Å²) in [7, 11) is 0. The Kier molecular flexibility index (Phi) is 22.9. The number of carbonyl (C=O) groups excluding carboxylic acids is 2. The van der Waals surface area contributed by atoms with Crippen molar-refractivity contribution in [1.29, 1.82) is 0 Å². The van der Waals surface area contributed by atoms with Crippen LogP contribution in [0.4, 0.5) is 0 Å². The van der Waals surface area contributed by atoms with E-state index in [9.17, 15) is 9.59 Å². The second-order valence-electron chi connectivity index (χ2n) is 3.27. The highest BCUT2D eigenvalue weighted by atomic mass is 32.2. The Morgan fingerprint density at radius 2 is 1.78 bits per heavy atom. The lowest BCUT2D eigenvalue weighted by Gasteiger charge is -2.02. The highest BCUT2D eigenvalue weighted by Gasteiger charge is 2.07. The Hall–Kier alpha value is -0.880. The van der Waals surface area contributed by atoms with E-state index in [0.717, 1.165) is 36.8 Å². The van der Waals surface area contributed by atoms with Crippen LogP contribution in [0.5, 0.6) is 0 Å². The van der Waals surface area contributed by atoms with Gasteiger partial charge in [-0.3, -0.25) is 14.4 Å². The van der Waals surface area contributed by atoms with Crippen molar-refractivity contribution < 1.29 is 19.5 Å². The molecule has 1 unspecified atom stereocenters. The van der Waals surface area contributed by atoms with Crippen molar-refractivity contribution in [3.63, 3.8) is 0 Å². The molecule has 0 radical (unpaired) electrons. The molecule has 108 valence electrons. The molecule has 0 fully saturated rings. The summed E-state index contributed by atoms with van der Waals surface area (Å²) < 4.78 is 0. The number of thioether (sulfide) groups is 1. The van der Waals surface area contributed by atoms with Crippen molar-refractivity contribution in [2.24, 2.45) is 5.73 Å². The third kappa shape index (κ3) is 24.4. The smallest absolute Gasteiger partial charge is 0.290 e. The van der Waals surface area contributed by atoms with Gasteiger partial charge in [0.15, 0.2) is 0 Å². The maximum absolute atomic E-state index is 10.8. The maximum Gasteiger partial charge on any atom is 0.290 e. The molecule has 0 saturated carbocycles. The largest absolute Gasteiger partial charge is 0.483 e. The molecule has 5 nitrogen and oxygen atoms in total. The lowest BCUT2D eigenvalue weighted by atomic mass is 10.2. The molecule has 0 heterocycles. The van der Waals surface area contributed by atoms with Crippen molar-refractivity contribution in [3.05, 3.63) is 0 Å². The van der Waals surface area contributed by atoms with E-state index in [2.05, 4.69) is 0 Å². The molecule has 0 amide bonds. The first-order valence-electron chi connectivity index (χ1n) is 5.96. The summed E-state index contributed by atoms with van der Waals surface area (Å²) >= 11 is 1.11. The van der Waals surface area contributed by atoms with Gasteiger partial charge in [0.05, 0.1) is 0 Å². The summed E-state index contributed by atoms with van der Waals surface area (Å²) in [5.74, 6) is 0.364. The maximum atomic E-state index is 10.8. The van der Waals surface area contributed by atoms with Crippen LogP contribution in [0.15, 0.2) is 0 Å². The molecule has 0 aliphatic carbocycles. The molecular weight excluding hydrogens is 254 g/mol. The molecule has 6 heteroatoms. The zero-order chi connectivity index (χ0) is 15.0. The van der Waals surface area contributed by atoms with Gasteiger partial charge in [-0.2, -0.15) is 0 Å². The van der Waals surface area contributed by atoms with E-state index in [0.29, 0.717) is 0 Å². The van der Waals surface area contributed by atoms with E-state index in [4.69, 9.17) is 15.6 Å².